The number of phenols is 10. The Kier molecular flexibility index (Phi) is 5.70. The highest BCUT2D eigenvalue weighted by Gasteiger charge is 2.27. The standard InChI is InChI=1S/C24H18O12/c25-9-1-10(26)3-12(2-9)35-13-6-17(31)23(18(32)7-13)36-24-19(33)8-16(30)21(22(24)34)20-14(28)4-11(27)5-15(20)29/h1-8,25-34H. The van der Waals surface area contributed by atoms with E-state index in [1.54, 1.807) is 0 Å². The van der Waals surface area contributed by atoms with E-state index in [1.165, 1.54) is 0 Å². The smallest absolute Gasteiger partial charge is 0.211 e. The minimum atomic E-state index is -1.00. The Balaban J connectivity index is 1.75. The molecule has 0 radical (unpaired) electrons. The topological polar surface area (TPSA) is 221 Å². The lowest BCUT2D eigenvalue weighted by Gasteiger charge is -2.17. The zero-order valence-electron chi connectivity index (χ0n) is 17.9. The number of benzene rings is 4. The largest absolute Gasteiger partial charge is 0.508 e. The molecule has 0 aliphatic carbocycles. The number of rotatable bonds is 5. The summed E-state index contributed by atoms with van der Waals surface area (Å²) < 4.78 is 10.7. The molecule has 186 valence electrons. The number of hydrogen-bond acceptors (Lipinski definition) is 12. The van der Waals surface area contributed by atoms with Gasteiger partial charge in [-0.15, -0.1) is 0 Å². The second-order valence-electron chi connectivity index (χ2n) is 7.51. The zero-order valence-corrected chi connectivity index (χ0v) is 17.9. The quantitative estimate of drug-likeness (QED) is 0.189. The van der Waals surface area contributed by atoms with Crippen LogP contribution in [0.5, 0.6) is 80.5 Å². The summed E-state index contributed by atoms with van der Waals surface area (Å²) >= 11 is 0. The molecule has 0 heterocycles. The van der Waals surface area contributed by atoms with Gasteiger partial charge in [0.2, 0.25) is 11.5 Å². The summed E-state index contributed by atoms with van der Waals surface area (Å²) in [6, 6.07) is 7.67. The van der Waals surface area contributed by atoms with Gasteiger partial charge >= 0.3 is 0 Å². The van der Waals surface area contributed by atoms with Crippen LogP contribution in [-0.2, 0) is 0 Å². The van der Waals surface area contributed by atoms with E-state index in [4.69, 9.17) is 9.47 Å². The van der Waals surface area contributed by atoms with E-state index in [0.717, 1.165) is 42.5 Å². The third-order valence-corrected chi connectivity index (χ3v) is 4.88. The predicted octanol–water partition coefficient (Wildman–Crippen LogP) is 3.99. The molecule has 0 amide bonds. The van der Waals surface area contributed by atoms with Crippen molar-refractivity contribution in [2.45, 2.75) is 0 Å². The summed E-state index contributed by atoms with van der Waals surface area (Å²) in [6.07, 6.45) is 0. The minimum Gasteiger partial charge on any atom is -0.508 e. The molecule has 0 bridgehead atoms. The molecule has 0 aromatic heterocycles. The molecule has 0 atom stereocenters. The SMILES string of the molecule is Oc1cc(O)cc(Oc2cc(O)c(Oc3c(O)cc(O)c(-c4c(O)cc(O)cc4O)c3O)c(O)c2)c1. The monoisotopic (exact) mass is 498 g/mol. The molecule has 0 aliphatic heterocycles. The summed E-state index contributed by atoms with van der Waals surface area (Å²) in [5.74, 6) is -8.35. The van der Waals surface area contributed by atoms with Gasteiger partial charge in [0.05, 0.1) is 11.1 Å². The first-order valence-electron chi connectivity index (χ1n) is 9.92. The zero-order chi connectivity index (χ0) is 26.3. The molecular weight excluding hydrogens is 480 g/mol. The molecule has 0 fully saturated rings. The molecule has 0 aliphatic rings. The van der Waals surface area contributed by atoms with Crippen molar-refractivity contribution in [3.05, 3.63) is 48.5 Å². The lowest BCUT2D eigenvalue weighted by atomic mass is 10.00. The first kappa shape index (κ1) is 23.6. The maximum absolute atomic E-state index is 10.7. The van der Waals surface area contributed by atoms with Crippen LogP contribution in [0.3, 0.4) is 0 Å². The fraction of sp³-hybridized carbons (Fsp3) is 0. The Hall–Kier alpha value is -5.52. The van der Waals surface area contributed by atoms with Crippen LogP contribution < -0.4 is 9.47 Å². The average Bonchev–Trinajstić information content (AvgIpc) is 2.73. The highest BCUT2D eigenvalue weighted by atomic mass is 16.5. The van der Waals surface area contributed by atoms with Gasteiger partial charge in [-0.3, -0.25) is 0 Å². The highest BCUT2D eigenvalue weighted by molar-refractivity contribution is 5.88. The summed E-state index contributed by atoms with van der Waals surface area (Å²) in [6.45, 7) is 0. The van der Waals surface area contributed by atoms with Crippen molar-refractivity contribution in [2.24, 2.45) is 0 Å². The van der Waals surface area contributed by atoms with Gasteiger partial charge in [-0.05, 0) is 0 Å². The van der Waals surface area contributed by atoms with Gasteiger partial charge in [-0.25, -0.2) is 0 Å². The first-order chi connectivity index (χ1) is 16.9. The van der Waals surface area contributed by atoms with Crippen LogP contribution in [0.25, 0.3) is 11.1 Å². The van der Waals surface area contributed by atoms with Crippen LogP contribution in [0, 0.1) is 0 Å². The molecule has 12 nitrogen and oxygen atoms in total. The molecule has 0 saturated carbocycles. The van der Waals surface area contributed by atoms with Crippen LogP contribution in [0.1, 0.15) is 0 Å². The number of phenolic OH excluding ortho intramolecular Hbond substituents is 10. The molecule has 0 unspecified atom stereocenters. The molecule has 4 aromatic rings. The van der Waals surface area contributed by atoms with E-state index in [9.17, 15) is 51.1 Å². The van der Waals surface area contributed by atoms with E-state index in [0.29, 0.717) is 6.07 Å². The van der Waals surface area contributed by atoms with Crippen molar-refractivity contribution in [1.82, 2.24) is 0 Å². The van der Waals surface area contributed by atoms with Crippen molar-refractivity contribution in [1.29, 1.82) is 0 Å². The summed E-state index contributed by atoms with van der Waals surface area (Å²) in [4.78, 5) is 0. The first-order valence-corrected chi connectivity index (χ1v) is 9.92. The molecule has 12 heteroatoms. The van der Waals surface area contributed by atoms with E-state index < -0.39 is 68.6 Å². The number of aromatic hydroxyl groups is 10. The van der Waals surface area contributed by atoms with Gasteiger partial charge < -0.3 is 60.5 Å². The second kappa shape index (κ2) is 8.68. The molecule has 0 spiro atoms. The van der Waals surface area contributed by atoms with Gasteiger partial charge in [-0.2, -0.15) is 0 Å². The van der Waals surface area contributed by atoms with Gasteiger partial charge in [0.1, 0.15) is 46.0 Å². The maximum atomic E-state index is 10.7. The summed E-state index contributed by atoms with van der Waals surface area (Å²) in [5.41, 5.74) is -1.11. The fourth-order valence-corrected chi connectivity index (χ4v) is 3.43. The van der Waals surface area contributed by atoms with Crippen molar-refractivity contribution in [3.63, 3.8) is 0 Å². The highest BCUT2D eigenvalue weighted by Crippen LogP contribution is 2.56. The number of hydrogen-bond donors (Lipinski definition) is 10. The Morgan fingerprint density at radius 1 is 0.361 bits per heavy atom. The third kappa shape index (κ3) is 4.33. The second-order valence-corrected chi connectivity index (χ2v) is 7.51. The normalized spacial score (nSPS) is 10.8. The molecule has 36 heavy (non-hydrogen) atoms. The van der Waals surface area contributed by atoms with Gasteiger partial charge in [0, 0.05) is 48.5 Å². The minimum absolute atomic E-state index is 0.0352. The van der Waals surface area contributed by atoms with Crippen molar-refractivity contribution in [2.75, 3.05) is 0 Å². The van der Waals surface area contributed by atoms with E-state index >= 15 is 0 Å². The van der Waals surface area contributed by atoms with Crippen LogP contribution >= 0.6 is 0 Å². The Labute approximate surface area is 201 Å². The van der Waals surface area contributed by atoms with Gasteiger partial charge in [0.15, 0.2) is 23.0 Å². The molecule has 4 aromatic carbocycles. The predicted molar refractivity (Wildman–Crippen MR) is 122 cm³/mol. The Morgan fingerprint density at radius 2 is 0.806 bits per heavy atom. The van der Waals surface area contributed by atoms with E-state index in [1.807, 2.05) is 0 Å². The average molecular weight is 498 g/mol. The van der Waals surface area contributed by atoms with Crippen molar-refractivity contribution in [3.8, 4) is 91.6 Å². The third-order valence-electron chi connectivity index (χ3n) is 4.88. The molecule has 0 saturated heterocycles. The van der Waals surface area contributed by atoms with E-state index in [2.05, 4.69) is 0 Å². The van der Waals surface area contributed by atoms with Gasteiger partial charge in [-0.1, -0.05) is 0 Å². The van der Waals surface area contributed by atoms with Crippen LogP contribution in [0.2, 0.25) is 0 Å². The summed E-state index contributed by atoms with van der Waals surface area (Å²) in [5, 5.41) is 101. The van der Waals surface area contributed by atoms with Crippen LogP contribution in [0.15, 0.2) is 48.5 Å². The maximum Gasteiger partial charge on any atom is 0.211 e. The van der Waals surface area contributed by atoms with Crippen molar-refractivity contribution >= 4 is 0 Å². The summed E-state index contributed by atoms with van der Waals surface area (Å²) in [7, 11) is 0. The lowest BCUT2D eigenvalue weighted by molar-refractivity contribution is 0.337. The van der Waals surface area contributed by atoms with Gasteiger partial charge in [0.25, 0.3) is 0 Å². The van der Waals surface area contributed by atoms with Crippen LogP contribution in [-0.4, -0.2) is 51.1 Å². The van der Waals surface area contributed by atoms with Crippen molar-refractivity contribution < 1.29 is 60.5 Å². The molecule has 4 rings (SSSR count). The lowest BCUT2D eigenvalue weighted by Crippen LogP contribution is -1.92. The van der Waals surface area contributed by atoms with Crippen LogP contribution in [0.4, 0.5) is 0 Å². The number of ether oxygens (including phenoxy) is 2. The molecule has 10 N–H and O–H groups in total. The Bertz CT molecular complexity index is 1430. The van der Waals surface area contributed by atoms with E-state index in [-0.39, 0.29) is 23.0 Å². The molecular formula is C24H18O12. The fourth-order valence-electron chi connectivity index (χ4n) is 3.43. The Morgan fingerprint density at radius 3 is 1.36 bits per heavy atom.